The molecule has 0 aliphatic carbocycles. The van der Waals surface area contributed by atoms with Crippen LogP contribution in [0, 0.1) is 0 Å². The van der Waals surface area contributed by atoms with Crippen molar-refractivity contribution >= 4 is 5.84 Å². The molecule has 0 saturated carbocycles. The summed E-state index contributed by atoms with van der Waals surface area (Å²) in [4.78, 5) is 6.36. The first kappa shape index (κ1) is 6.55. The second kappa shape index (κ2) is 2.35. The maximum absolute atomic E-state index is 5.52. The molecule has 0 aromatic carbocycles. The lowest BCUT2D eigenvalue weighted by Gasteiger charge is -2.23. The Morgan fingerprint density at radius 1 is 1.78 bits per heavy atom. The molecule has 0 radical (unpaired) electrons. The van der Waals surface area contributed by atoms with Crippen molar-refractivity contribution in [3.63, 3.8) is 0 Å². The van der Waals surface area contributed by atoms with E-state index >= 15 is 0 Å². The minimum absolute atomic E-state index is 0.378. The number of amidine groups is 1. The third kappa shape index (κ3) is 1.68. The summed E-state index contributed by atoms with van der Waals surface area (Å²) in [6.45, 7) is 3.92. The Hall–Kier alpha value is -0.570. The first-order valence-electron chi connectivity index (χ1n) is 3.19. The Labute approximate surface area is 55.6 Å². The fourth-order valence-electron chi connectivity index (χ4n) is 1.16. The van der Waals surface area contributed by atoms with Gasteiger partial charge in [-0.1, -0.05) is 0 Å². The standard InChI is InChI=1S/C6H13N3/c1-5-3-9(2)4-6(7)8-5/h5H,3-4H2,1-2H3,(H2,7,8). The number of rotatable bonds is 0. The molecule has 1 aliphatic heterocycles. The van der Waals surface area contributed by atoms with E-state index in [1.807, 2.05) is 0 Å². The zero-order valence-corrected chi connectivity index (χ0v) is 5.96. The summed E-state index contributed by atoms with van der Waals surface area (Å²) in [6, 6.07) is 0.378. The van der Waals surface area contributed by atoms with Gasteiger partial charge in [0.2, 0.25) is 0 Å². The molecule has 0 bridgehead atoms. The maximum Gasteiger partial charge on any atom is 0.108 e. The normalized spacial score (nSPS) is 30.0. The van der Waals surface area contributed by atoms with Crippen LogP contribution in [-0.2, 0) is 0 Å². The van der Waals surface area contributed by atoms with Gasteiger partial charge in [-0.15, -0.1) is 0 Å². The van der Waals surface area contributed by atoms with Crippen molar-refractivity contribution in [1.29, 1.82) is 0 Å². The number of likely N-dealkylation sites (N-methyl/N-ethyl adjacent to an activating group) is 1. The molecule has 0 amide bonds. The van der Waals surface area contributed by atoms with Crippen molar-refractivity contribution in [2.45, 2.75) is 13.0 Å². The average Bonchev–Trinajstić information content (AvgIpc) is 1.59. The molecule has 0 aromatic rings. The summed E-state index contributed by atoms with van der Waals surface area (Å²) in [5.74, 6) is 0.760. The van der Waals surface area contributed by atoms with Crippen LogP contribution in [-0.4, -0.2) is 36.9 Å². The van der Waals surface area contributed by atoms with E-state index in [2.05, 4.69) is 23.9 Å². The summed E-state index contributed by atoms with van der Waals surface area (Å²) in [5.41, 5.74) is 5.52. The van der Waals surface area contributed by atoms with Crippen LogP contribution in [0.15, 0.2) is 4.99 Å². The molecule has 0 spiro atoms. The van der Waals surface area contributed by atoms with E-state index in [4.69, 9.17) is 5.73 Å². The van der Waals surface area contributed by atoms with Gasteiger partial charge in [-0.2, -0.15) is 0 Å². The van der Waals surface area contributed by atoms with Gasteiger partial charge in [0, 0.05) is 6.54 Å². The summed E-state index contributed by atoms with van der Waals surface area (Å²) in [6.07, 6.45) is 0. The number of nitrogens with two attached hydrogens (primary N) is 1. The lowest BCUT2D eigenvalue weighted by atomic mass is 10.3. The molecule has 9 heavy (non-hydrogen) atoms. The third-order valence-corrected chi connectivity index (χ3v) is 1.39. The fourth-order valence-corrected chi connectivity index (χ4v) is 1.16. The van der Waals surface area contributed by atoms with Crippen LogP contribution < -0.4 is 5.73 Å². The summed E-state index contributed by atoms with van der Waals surface area (Å²) < 4.78 is 0. The Morgan fingerprint density at radius 3 is 2.89 bits per heavy atom. The van der Waals surface area contributed by atoms with Gasteiger partial charge in [-0.3, -0.25) is 9.89 Å². The fraction of sp³-hybridized carbons (Fsp3) is 0.833. The molecule has 2 N–H and O–H groups in total. The molecule has 1 unspecified atom stereocenters. The van der Waals surface area contributed by atoms with E-state index in [0.29, 0.717) is 6.04 Å². The zero-order chi connectivity index (χ0) is 6.85. The Kier molecular flexibility index (Phi) is 1.71. The monoisotopic (exact) mass is 127 g/mol. The molecular weight excluding hydrogens is 114 g/mol. The number of hydrogen-bond acceptors (Lipinski definition) is 3. The Balaban J connectivity index is 2.56. The van der Waals surface area contributed by atoms with Crippen LogP contribution in [0.5, 0.6) is 0 Å². The molecule has 1 aliphatic rings. The molecule has 3 heteroatoms. The topological polar surface area (TPSA) is 41.6 Å². The SMILES string of the molecule is CC1CN(C)CC(N)=N1. The van der Waals surface area contributed by atoms with Gasteiger partial charge in [-0.25, -0.2) is 0 Å². The first-order valence-corrected chi connectivity index (χ1v) is 3.19. The minimum Gasteiger partial charge on any atom is -0.386 e. The summed E-state index contributed by atoms with van der Waals surface area (Å²) in [5, 5.41) is 0. The lowest BCUT2D eigenvalue weighted by molar-refractivity contribution is 0.341. The van der Waals surface area contributed by atoms with Crippen molar-refractivity contribution in [1.82, 2.24) is 4.90 Å². The van der Waals surface area contributed by atoms with E-state index in [-0.39, 0.29) is 0 Å². The molecule has 0 saturated heterocycles. The van der Waals surface area contributed by atoms with Gasteiger partial charge in [0.05, 0.1) is 12.6 Å². The summed E-state index contributed by atoms with van der Waals surface area (Å²) in [7, 11) is 2.05. The van der Waals surface area contributed by atoms with Crippen molar-refractivity contribution in [3.8, 4) is 0 Å². The number of nitrogens with zero attached hydrogens (tertiary/aromatic N) is 2. The van der Waals surface area contributed by atoms with Gasteiger partial charge in [0.15, 0.2) is 0 Å². The molecule has 3 nitrogen and oxygen atoms in total. The number of aliphatic imine (C=N–C) groups is 1. The minimum atomic E-state index is 0.378. The van der Waals surface area contributed by atoms with E-state index in [1.165, 1.54) is 0 Å². The van der Waals surface area contributed by atoms with Crippen molar-refractivity contribution in [3.05, 3.63) is 0 Å². The highest BCUT2D eigenvalue weighted by Crippen LogP contribution is 1.99. The van der Waals surface area contributed by atoms with Gasteiger partial charge < -0.3 is 5.73 Å². The van der Waals surface area contributed by atoms with Crippen molar-refractivity contribution in [2.24, 2.45) is 10.7 Å². The van der Waals surface area contributed by atoms with E-state index in [0.717, 1.165) is 18.9 Å². The van der Waals surface area contributed by atoms with Gasteiger partial charge in [0.1, 0.15) is 5.84 Å². The summed E-state index contributed by atoms with van der Waals surface area (Å²) >= 11 is 0. The van der Waals surface area contributed by atoms with Crippen LogP contribution in [0.4, 0.5) is 0 Å². The van der Waals surface area contributed by atoms with E-state index < -0.39 is 0 Å². The van der Waals surface area contributed by atoms with E-state index in [1.54, 1.807) is 0 Å². The largest absolute Gasteiger partial charge is 0.386 e. The smallest absolute Gasteiger partial charge is 0.108 e. The molecule has 1 atom stereocenters. The van der Waals surface area contributed by atoms with Gasteiger partial charge in [0.25, 0.3) is 0 Å². The van der Waals surface area contributed by atoms with E-state index in [9.17, 15) is 0 Å². The second-order valence-electron chi connectivity index (χ2n) is 2.67. The molecular formula is C6H13N3. The molecule has 0 fully saturated rings. The van der Waals surface area contributed by atoms with Crippen molar-refractivity contribution in [2.75, 3.05) is 20.1 Å². The molecule has 1 heterocycles. The highest BCUT2D eigenvalue weighted by molar-refractivity contribution is 5.83. The van der Waals surface area contributed by atoms with Crippen LogP contribution in [0.2, 0.25) is 0 Å². The van der Waals surface area contributed by atoms with Crippen LogP contribution >= 0.6 is 0 Å². The Bertz CT molecular complexity index is 130. The predicted molar refractivity (Wildman–Crippen MR) is 38.6 cm³/mol. The second-order valence-corrected chi connectivity index (χ2v) is 2.67. The maximum atomic E-state index is 5.52. The quantitative estimate of drug-likeness (QED) is 0.484. The van der Waals surface area contributed by atoms with Crippen molar-refractivity contribution < 1.29 is 0 Å². The molecule has 0 aromatic heterocycles. The predicted octanol–water partition coefficient (Wildman–Crippen LogP) is -0.322. The van der Waals surface area contributed by atoms with Gasteiger partial charge in [-0.05, 0) is 14.0 Å². The first-order chi connectivity index (χ1) is 4.18. The highest BCUT2D eigenvalue weighted by atomic mass is 15.2. The lowest BCUT2D eigenvalue weighted by Crippen LogP contribution is -2.40. The van der Waals surface area contributed by atoms with Gasteiger partial charge >= 0.3 is 0 Å². The molecule has 52 valence electrons. The molecule has 1 rings (SSSR count). The Morgan fingerprint density at radius 2 is 2.44 bits per heavy atom. The van der Waals surface area contributed by atoms with Crippen LogP contribution in [0.1, 0.15) is 6.92 Å². The zero-order valence-electron chi connectivity index (χ0n) is 5.96. The number of hydrogen-bond donors (Lipinski definition) is 1. The third-order valence-electron chi connectivity index (χ3n) is 1.39. The average molecular weight is 127 g/mol. The van der Waals surface area contributed by atoms with Crippen LogP contribution in [0.25, 0.3) is 0 Å². The van der Waals surface area contributed by atoms with Crippen LogP contribution in [0.3, 0.4) is 0 Å². The highest BCUT2D eigenvalue weighted by Gasteiger charge is 2.11.